The summed E-state index contributed by atoms with van der Waals surface area (Å²) in [6.07, 6.45) is 6.61. The standard InChI is InChI=1S/C16H26O2.C7H14O2/c1-15(2,3)14(17)18-16(4)12-6-10-5-11(8-12)9-13(16)7-10;1-5-9-6(8)7(2,3)4/h10-13H,5-9H2,1-4H3;5H2,1-4H3. The molecule has 0 radical (unpaired) electrons. The van der Waals surface area contributed by atoms with Gasteiger partial charge in [-0.15, -0.1) is 0 Å². The average molecular weight is 381 g/mol. The molecular formula is C23H40O4. The third-order valence-corrected chi connectivity index (χ3v) is 6.57. The van der Waals surface area contributed by atoms with Crippen molar-refractivity contribution in [2.45, 2.75) is 93.1 Å². The molecule has 0 aliphatic heterocycles. The lowest BCUT2D eigenvalue weighted by molar-refractivity contribution is -0.210. The van der Waals surface area contributed by atoms with Gasteiger partial charge in [-0.05, 0) is 111 Å². The first-order valence-corrected chi connectivity index (χ1v) is 10.7. The van der Waals surface area contributed by atoms with Crippen molar-refractivity contribution in [2.75, 3.05) is 6.61 Å². The summed E-state index contributed by atoms with van der Waals surface area (Å²) in [5.74, 6) is 2.95. The van der Waals surface area contributed by atoms with Crippen LogP contribution >= 0.6 is 0 Å². The first-order valence-electron chi connectivity index (χ1n) is 10.7. The number of hydrogen-bond acceptors (Lipinski definition) is 4. The van der Waals surface area contributed by atoms with Gasteiger partial charge in [-0.25, -0.2) is 0 Å². The normalized spacial score (nSPS) is 34.5. The van der Waals surface area contributed by atoms with Crippen molar-refractivity contribution in [2.24, 2.45) is 34.5 Å². The molecule has 0 aromatic heterocycles. The maximum atomic E-state index is 12.2. The summed E-state index contributed by atoms with van der Waals surface area (Å²) in [6.45, 7) is 15.9. The Morgan fingerprint density at radius 1 is 0.815 bits per heavy atom. The van der Waals surface area contributed by atoms with Crippen LogP contribution in [-0.2, 0) is 19.1 Å². The molecule has 0 amide bonds. The van der Waals surface area contributed by atoms with Crippen LogP contribution in [0.3, 0.4) is 0 Å². The summed E-state index contributed by atoms with van der Waals surface area (Å²) < 4.78 is 10.8. The Kier molecular flexibility index (Phi) is 6.38. The fourth-order valence-electron chi connectivity index (χ4n) is 4.99. The number of ether oxygens (including phenoxy) is 2. The molecule has 4 fully saturated rings. The van der Waals surface area contributed by atoms with Crippen molar-refractivity contribution in [3.05, 3.63) is 0 Å². The fraction of sp³-hybridized carbons (Fsp3) is 0.913. The Morgan fingerprint density at radius 2 is 1.22 bits per heavy atom. The molecule has 4 aliphatic rings. The number of hydrogen-bond donors (Lipinski definition) is 0. The van der Waals surface area contributed by atoms with Gasteiger partial charge >= 0.3 is 11.9 Å². The zero-order chi connectivity index (χ0) is 20.6. The Hall–Kier alpha value is -1.06. The Morgan fingerprint density at radius 3 is 1.52 bits per heavy atom. The molecule has 0 saturated heterocycles. The van der Waals surface area contributed by atoms with Crippen LogP contribution < -0.4 is 0 Å². The van der Waals surface area contributed by atoms with E-state index >= 15 is 0 Å². The number of rotatable bonds is 2. The van der Waals surface area contributed by atoms with E-state index in [0.29, 0.717) is 18.4 Å². The van der Waals surface area contributed by atoms with E-state index in [2.05, 4.69) is 6.92 Å². The molecule has 0 unspecified atom stereocenters. The molecule has 156 valence electrons. The van der Waals surface area contributed by atoms with E-state index in [-0.39, 0.29) is 28.4 Å². The molecule has 0 aromatic carbocycles. The molecule has 4 heteroatoms. The van der Waals surface area contributed by atoms with Gasteiger partial charge in [-0.1, -0.05) is 0 Å². The van der Waals surface area contributed by atoms with Crippen LogP contribution in [0.15, 0.2) is 0 Å². The summed E-state index contributed by atoms with van der Waals surface area (Å²) in [5, 5.41) is 0. The van der Waals surface area contributed by atoms with Crippen LogP contribution in [0.25, 0.3) is 0 Å². The SMILES string of the molecule is CC(C)(C)C(=O)OC1(C)C2CC3CC(C2)CC1C3.CCOC(=O)C(C)(C)C. The first kappa shape index (κ1) is 22.2. The van der Waals surface area contributed by atoms with E-state index in [1.54, 1.807) is 0 Å². The van der Waals surface area contributed by atoms with E-state index in [1.807, 2.05) is 48.5 Å². The van der Waals surface area contributed by atoms with Gasteiger partial charge in [0.25, 0.3) is 0 Å². The Labute approximate surface area is 165 Å². The molecule has 4 aliphatic carbocycles. The molecule has 4 saturated carbocycles. The molecule has 0 aromatic rings. The smallest absolute Gasteiger partial charge is 0.311 e. The highest BCUT2D eigenvalue weighted by Gasteiger charge is 2.57. The monoisotopic (exact) mass is 380 g/mol. The van der Waals surface area contributed by atoms with Crippen molar-refractivity contribution >= 4 is 11.9 Å². The number of esters is 2. The molecule has 0 spiro atoms. The third kappa shape index (κ3) is 5.06. The predicted octanol–water partition coefficient (Wildman–Crippen LogP) is 5.39. The van der Waals surface area contributed by atoms with Gasteiger partial charge in [0.1, 0.15) is 5.60 Å². The Bertz CT molecular complexity index is 522. The van der Waals surface area contributed by atoms with Crippen LogP contribution in [-0.4, -0.2) is 24.1 Å². The largest absolute Gasteiger partial charge is 0.466 e. The summed E-state index contributed by atoms with van der Waals surface area (Å²) >= 11 is 0. The van der Waals surface area contributed by atoms with E-state index < -0.39 is 0 Å². The predicted molar refractivity (Wildman–Crippen MR) is 107 cm³/mol. The summed E-state index contributed by atoms with van der Waals surface area (Å²) in [6, 6.07) is 0. The highest BCUT2D eigenvalue weighted by Crippen LogP contribution is 2.59. The second-order valence-corrected chi connectivity index (χ2v) is 11.1. The van der Waals surface area contributed by atoms with Gasteiger partial charge < -0.3 is 9.47 Å². The molecular weight excluding hydrogens is 340 g/mol. The van der Waals surface area contributed by atoms with E-state index in [9.17, 15) is 9.59 Å². The van der Waals surface area contributed by atoms with Crippen molar-refractivity contribution in [1.82, 2.24) is 0 Å². The van der Waals surface area contributed by atoms with Crippen LogP contribution in [0.1, 0.15) is 87.5 Å². The molecule has 4 rings (SSSR count). The van der Waals surface area contributed by atoms with Gasteiger partial charge in [0.2, 0.25) is 0 Å². The Balaban J connectivity index is 0.000000249. The minimum absolute atomic E-state index is 0.0162. The summed E-state index contributed by atoms with van der Waals surface area (Å²) in [7, 11) is 0. The van der Waals surface area contributed by atoms with Gasteiger partial charge in [-0.2, -0.15) is 0 Å². The molecule has 0 N–H and O–H groups in total. The molecule has 4 bridgehead atoms. The first-order chi connectivity index (χ1) is 12.3. The quantitative estimate of drug-likeness (QED) is 0.603. The lowest BCUT2D eigenvalue weighted by Crippen LogP contribution is -2.58. The topological polar surface area (TPSA) is 52.6 Å². The molecule has 27 heavy (non-hydrogen) atoms. The van der Waals surface area contributed by atoms with E-state index in [4.69, 9.17) is 9.47 Å². The highest BCUT2D eigenvalue weighted by molar-refractivity contribution is 5.76. The third-order valence-electron chi connectivity index (χ3n) is 6.57. The minimum atomic E-state index is -0.377. The lowest BCUT2D eigenvalue weighted by atomic mass is 9.50. The maximum absolute atomic E-state index is 12.2. The summed E-state index contributed by atoms with van der Waals surface area (Å²) in [5.41, 5.74) is -0.897. The number of carbonyl (C=O) groups excluding carboxylic acids is 2. The zero-order valence-corrected chi connectivity index (χ0v) is 18.7. The van der Waals surface area contributed by atoms with Crippen LogP contribution in [0.5, 0.6) is 0 Å². The van der Waals surface area contributed by atoms with Crippen LogP contribution in [0.4, 0.5) is 0 Å². The van der Waals surface area contributed by atoms with Crippen molar-refractivity contribution in [3.8, 4) is 0 Å². The van der Waals surface area contributed by atoms with Gasteiger partial charge in [0.05, 0.1) is 17.4 Å². The van der Waals surface area contributed by atoms with Gasteiger partial charge in [0.15, 0.2) is 0 Å². The second kappa shape index (κ2) is 7.75. The van der Waals surface area contributed by atoms with E-state index in [1.165, 1.54) is 32.1 Å². The number of carbonyl (C=O) groups is 2. The van der Waals surface area contributed by atoms with Crippen molar-refractivity contribution in [3.63, 3.8) is 0 Å². The minimum Gasteiger partial charge on any atom is -0.466 e. The van der Waals surface area contributed by atoms with Crippen molar-refractivity contribution < 1.29 is 19.1 Å². The fourth-order valence-corrected chi connectivity index (χ4v) is 4.99. The molecule has 4 nitrogen and oxygen atoms in total. The highest BCUT2D eigenvalue weighted by atomic mass is 16.6. The lowest BCUT2D eigenvalue weighted by Gasteiger charge is -2.59. The van der Waals surface area contributed by atoms with Crippen LogP contribution in [0, 0.1) is 34.5 Å². The maximum Gasteiger partial charge on any atom is 0.311 e. The second-order valence-electron chi connectivity index (χ2n) is 11.1. The van der Waals surface area contributed by atoms with E-state index in [0.717, 1.165) is 11.8 Å². The van der Waals surface area contributed by atoms with Gasteiger partial charge in [-0.3, -0.25) is 9.59 Å². The molecule has 0 heterocycles. The average Bonchev–Trinajstić information content (AvgIpc) is 2.51. The summed E-state index contributed by atoms with van der Waals surface area (Å²) in [4.78, 5) is 23.1. The molecule has 0 atom stereocenters. The van der Waals surface area contributed by atoms with Crippen LogP contribution in [0.2, 0.25) is 0 Å². The zero-order valence-electron chi connectivity index (χ0n) is 18.7. The van der Waals surface area contributed by atoms with Gasteiger partial charge in [0, 0.05) is 0 Å². The van der Waals surface area contributed by atoms with Crippen molar-refractivity contribution in [1.29, 1.82) is 0 Å².